The molecule has 1 aliphatic heterocycles. The van der Waals surface area contributed by atoms with Gasteiger partial charge in [0.1, 0.15) is 5.54 Å². The SMILES string of the molecule is COC1(C)CCC2(CC1)NC(=O)C(c1c(C)cc(C)cc1C)=C2OS(=O)O. The van der Waals surface area contributed by atoms with Crippen LogP contribution < -0.4 is 5.32 Å². The molecule has 1 atom stereocenters. The largest absolute Gasteiger partial charge is 0.381 e. The molecule has 1 heterocycles. The molecule has 2 aliphatic rings. The van der Waals surface area contributed by atoms with Crippen LogP contribution in [0.4, 0.5) is 0 Å². The summed E-state index contributed by atoms with van der Waals surface area (Å²) in [6.07, 6.45) is 2.60. The average Bonchev–Trinajstić information content (AvgIpc) is 2.82. The maximum atomic E-state index is 13.0. The molecule has 1 aromatic rings. The van der Waals surface area contributed by atoms with Gasteiger partial charge in [0.15, 0.2) is 5.76 Å². The van der Waals surface area contributed by atoms with E-state index in [1.54, 1.807) is 7.11 Å². The number of aryl methyl sites for hydroxylation is 3. The Hall–Kier alpha value is -1.70. The van der Waals surface area contributed by atoms with Gasteiger partial charge in [-0.2, -0.15) is 4.21 Å². The monoisotopic (exact) mass is 393 g/mol. The summed E-state index contributed by atoms with van der Waals surface area (Å²) in [6, 6.07) is 4.01. The predicted octanol–water partition coefficient (Wildman–Crippen LogP) is 3.32. The number of ether oxygens (including phenoxy) is 1. The van der Waals surface area contributed by atoms with E-state index in [2.05, 4.69) is 5.32 Å². The number of hydrogen-bond donors (Lipinski definition) is 2. The van der Waals surface area contributed by atoms with Crippen molar-refractivity contribution >= 4 is 22.8 Å². The first-order chi connectivity index (χ1) is 12.6. The highest BCUT2D eigenvalue weighted by atomic mass is 32.2. The molecule has 0 radical (unpaired) electrons. The zero-order valence-electron chi connectivity index (χ0n) is 16.5. The van der Waals surface area contributed by atoms with Crippen molar-refractivity contribution in [2.24, 2.45) is 0 Å². The fourth-order valence-electron chi connectivity index (χ4n) is 4.43. The minimum absolute atomic E-state index is 0.258. The van der Waals surface area contributed by atoms with Gasteiger partial charge in [-0.15, -0.1) is 0 Å². The van der Waals surface area contributed by atoms with Gasteiger partial charge >= 0.3 is 11.4 Å². The van der Waals surface area contributed by atoms with Crippen molar-refractivity contribution in [1.29, 1.82) is 0 Å². The third-order valence-corrected chi connectivity index (χ3v) is 6.29. The van der Waals surface area contributed by atoms with Crippen molar-refractivity contribution in [3.05, 3.63) is 40.1 Å². The molecule has 1 aliphatic carbocycles. The van der Waals surface area contributed by atoms with E-state index in [4.69, 9.17) is 8.92 Å². The number of carbonyl (C=O) groups is 1. The van der Waals surface area contributed by atoms with E-state index in [0.29, 0.717) is 31.3 Å². The average molecular weight is 394 g/mol. The standard InChI is InChI=1S/C20H27NO5S/c1-12-10-13(2)15(14(3)11-12)16-17(26-27(23)24)20(21-18(16)22)8-6-19(4,25-5)7-9-20/h10-11H,6-9H2,1-5H3,(H,21,22)(H,23,24). The molecule has 1 amide bonds. The number of benzene rings is 1. The first-order valence-electron chi connectivity index (χ1n) is 9.11. The summed E-state index contributed by atoms with van der Waals surface area (Å²) in [7, 11) is 1.69. The molecule has 3 rings (SSSR count). The highest BCUT2D eigenvalue weighted by Crippen LogP contribution is 2.47. The third kappa shape index (κ3) is 3.56. The Kier molecular flexibility index (Phi) is 5.22. The Morgan fingerprint density at radius 2 is 1.67 bits per heavy atom. The van der Waals surface area contributed by atoms with Crippen LogP contribution in [0.3, 0.4) is 0 Å². The lowest BCUT2D eigenvalue weighted by Crippen LogP contribution is -2.51. The summed E-state index contributed by atoms with van der Waals surface area (Å²) in [5.41, 5.74) is 3.09. The summed E-state index contributed by atoms with van der Waals surface area (Å²) in [5.74, 6) is 0.0214. The molecule has 7 heteroatoms. The third-order valence-electron chi connectivity index (χ3n) is 5.98. The van der Waals surface area contributed by atoms with Crippen LogP contribution in [0.25, 0.3) is 5.57 Å². The van der Waals surface area contributed by atoms with Gasteiger partial charge in [0, 0.05) is 7.11 Å². The van der Waals surface area contributed by atoms with Gasteiger partial charge in [0.05, 0.1) is 11.2 Å². The first kappa shape index (κ1) is 20.0. The van der Waals surface area contributed by atoms with Crippen molar-refractivity contribution in [2.75, 3.05) is 7.11 Å². The van der Waals surface area contributed by atoms with Crippen molar-refractivity contribution < 1.29 is 22.5 Å². The summed E-state index contributed by atoms with van der Waals surface area (Å²) in [5, 5.41) is 3.07. The van der Waals surface area contributed by atoms with Crippen LogP contribution in [-0.2, 0) is 25.1 Å². The molecule has 6 nitrogen and oxygen atoms in total. The maximum absolute atomic E-state index is 13.0. The molecule has 1 spiro atoms. The number of amides is 1. The summed E-state index contributed by atoms with van der Waals surface area (Å²) in [4.78, 5) is 13.0. The molecule has 2 N–H and O–H groups in total. The van der Waals surface area contributed by atoms with Crippen molar-refractivity contribution in [2.45, 2.75) is 64.5 Å². The Morgan fingerprint density at radius 1 is 1.11 bits per heavy atom. The van der Waals surface area contributed by atoms with Crippen LogP contribution in [0, 0.1) is 20.8 Å². The first-order valence-corrected chi connectivity index (χ1v) is 10.1. The van der Waals surface area contributed by atoms with Gasteiger partial charge in [0.25, 0.3) is 5.91 Å². The number of carbonyl (C=O) groups excluding carboxylic acids is 1. The van der Waals surface area contributed by atoms with Crippen LogP contribution in [0.15, 0.2) is 17.9 Å². The van der Waals surface area contributed by atoms with Crippen molar-refractivity contribution in [3.8, 4) is 0 Å². The highest BCUT2D eigenvalue weighted by Gasteiger charge is 2.52. The second-order valence-corrected chi connectivity index (χ2v) is 8.57. The van der Waals surface area contributed by atoms with Crippen LogP contribution in [0.2, 0.25) is 0 Å². The Balaban J connectivity index is 2.15. The summed E-state index contributed by atoms with van der Waals surface area (Å²) < 4.78 is 32.0. The van der Waals surface area contributed by atoms with Gasteiger partial charge in [-0.3, -0.25) is 9.35 Å². The lowest BCUT2D eigenvalue weighted by Gasteiger charge is -2.42. The second-order valence-electron chi connectivity index (χ2n) is 7.97. The van der Waals surface area contributed by atoms with E-state index in [1.165, 1.54) is 0 Å². The number of nitrogens with one attached hydrogen (secondary N) is 1. The molecular formula is C20H27NO5S. The van der Waals surface area contributed by atoms with E-state index in [9.17, 15) is 13.6 Å². The molecule has 148 valence electrons. The lowest BCUT2D eigenvalue weighted by molar-refractivity contribution is -0.117. The maximum Gasteiger partial charge on any atom is 0.357 e. The van der Waals surface area contributed by atoms with Gasteiger partial charge < -0.3 is 14.2 Å². The van der Waals surface area contributed by atoms with Crippen molar-refractivity contribution in [3.63, 3.8) is 0 Å². The molecule has 0 aromatic heterocycles. The number of methoxy groups -OCH3 is 1. The van der Waals surface area contributed by atoms with Crippen LogP contribution >= 0.6 is 0 Å². The van der Waals surface area contributed by atoms with E-state index < -0.39 is 16.9 Å². The number of rotatable bonds is 4. The minimum Gasteiger partial charge on any atom is -0.381 e. The Labute approximate surface area is 162 Å². The van der Waals surface area contributed by atoms with Gasteiger partial charge in [0.2, 0.25) is 0 Å². The molecule has 1 saturated carbocycles. The Bertz CT molecular complexity index is 814. The molecule has 27 heavy (non-hydrogen) atoms. The molecule has 0 bridgehead atoms. The predicted molar refractivity (Wildman–Crippen MR) is 104 cm³/mol. The topological polar surface area (TPSA) is 84.9 Å². The molecule has 1 unspecified atom stereocenters. The van der Waals surface area contributed by atoms with Crippen LogP contribution in [0.5, 0.6) is 0 Å². The van der Waals surface area contributed by atoms with Gasteiger partial charge in [-0.05, 0) is 70.1 Å². The van der Waals surface area contributed by atoms with E-state index in [1.807, 2.05) is 39.8 Å². The number of hydrogen-bond acceptors (Lipinski definition) is 4. The lowest BCUT2D eigenvalue weighted by atomic mass is 9.74. The fraction of sp³-hybridized carbons (Fsp3) is 0.550. The summed E-state index contributed by atoms with van der Waals surface area (Å²) in [6.45, 7) is 7.93. The quantitative estimate of drug-likeness (QED) is 0.767. The molecule has 1 aromatic carbocycles. The fourth-order valence-corrected chi connectivity index (χ4v) is 4.82. The molecular weight excluding hydrogens is 366 g/mol. The van der Waals surface area contributed by atoms with Gasteiger partial charge in [-0.25, -0.2) is 0 Å². The smallest absolute Gasteiger partial charge is 0.357 e. The minimum atomic E-state index is -2.51. The van der Waals surface area contributed by atoms with Crippen LogP contribution in [0.1, 0.15) is 54.9 Å². The van der Waals surface area contributed by atoms with Crippen molar-refractivity contribution in [1.82, 2.24) is 5.32 Å². The normalized spacial score (nSPS) is 29.2. The van der Waals surface area contributed by atoms with E-state index in [-0.39, 0.29) is 17.3 Å². The Morgan fingerprint density at radius 3 is 2.15 bits per heavy atom. The highest BCUT2D eigenvalue weighted by molar-refractivity contribution is 7.74. The second kappa shape index (κ2) is 7.04. The zero-order valence-corrected chi connectivity index (χ0v) is 17.3. The summed E-state index contributed by atoms with van der Waals surface area (Å²) >= 11 is -2.51. The zero-order chi connectivity index (χ0) is 20.0. The van der Waals surface area contributed by atoms with Crippen LogP contribution in [-0.4, -0.2) is 32.9 Å². The van der Waals surface area contributed by atoms with Gasteiger partial charge in [-0.1, -0.05) is 17.7 Å². The molecule has 1 fully saturated rings. The van der Waals surface area contributed by atoms with E-state index in [0.717, 1.165) is 22.3 Å². The van der Waals surface area contributed by atoms with E-state index >= 15 is 0 Å². The molecule has 0 saturated heterocycles.